The molecule has 0 fully saturated rings. The summed E-state index contributed by atoms with van der Waals surface area (Å²) in [6, 6.07) is 1.54. The van der Waals surface area contributed by atoms with E-state index in [4.69, 9.17) is 17.9 Å². The van der Waals surface area contributed by atoms with Crippen molar-refractivity contribution in [2.24, 2.45) is 0 Å². The van der Waals surface area contributed by atoms with Gasteiger partial charge in [-0.2, -0.15) is 0 Å². The number of nitrogens with zero attached hydrogens (tertiary/aromatic N) is 1. The molecule has 50 valence electrons. The summed E-state index contributed by atoms with van der Waals surface area (Å²) < 4.78 is 0. The Morgan fingerprint density at radius 1 is 1.50 bits per heavy atom. The number of hydrogen-bond donors (Lipinski definition) is 2. The predicted molar refractivity (Wildman–Crippen MR) is 41.0 cm³/mol. The van der Waals surface area contributed by atoms with E-state index < -0.39 is 0 Å². The third-order valence-corrected chi connectivity index (χ3v) is 1.11. The number of nitrogens with two attached hydrogens (primary N) is 2. The lowest BCUT2D eigenvalue weighted by Gasteiger charge is -1.96. The summed E-state index contributed by atoms with van der Waals surface area (Å²) in [7, 11) is 0. The van der Waals surface area contributed by atoms with E-state index in [1.54, 1.807) is 0 Å². The van der Waals surface area contributed by atoms with E-state index >= 15 is 0 Å². The number of pyridine rings is 1. The highest BCUT2D eigenvalue weighted by Crippen LogP contribution is 2.10. The summed E-state index contributed by atoms with van der Waals surface area (Å²) in [6.45, 7) is 0. The molecule has 1 aromatic heterocycles. The maximum absolute atomic E-state index is 5.47. The quantitative estimate of drug-likeness (QED) is 0.498. The summed E-state index contributed by atoms with van der Waals surface area (Å²) in [4.78, 5) is 3.77. The fourth-order valence-corrected chi connectivity index (χ4v) is 0.609. The summed E-state index contributed by atoms with van der Waals surface area (Å²) in [5.41, 5.74) is 11.9. The molecule has 4 N–H and O–H groups in total. The monoisotopic (exact) mass is 133 g/mol. The minimum absolute atomic E-state index is 0.386. The average Bonchev–Trinajstić information content (AvgIpc) is 1.88. The van der Waals surface area contributed by atoms with Crippen LogP contribution in [0.5, 0.6) is 0 Å². The van der Waals surface area contributed by atoms with Crippen LogP contribution in [0.4, 0.5) is 11.5 Å². The number of terminal acetylenes is 1. The molecule has 0 spiro atoms. The fourth-order valence-electron chi connectivity index (χ4n) is 0.609. The zero-order valence-corrected chi connectivity index (χ0v) is 5.33. The van der Waals surface area contributed by atoms with E-state index in [-0.39, 0.29) is 0 Å². The highest BCUT2D eigenvalue weighted by molar-refractivity contribution is 5.58. The van der Waals surface area contributed by atoms with Crippen LogP contribution in [-0.4, -0.2) is 4.98 Å². The lowest BCUT2D eigenvalue weighted by atomic mass is 10.2. The lowest BCUT2D eigenvalue weighted by molar-refractivity contribution is 1.32. The first-order chi connectivity index (χ1) is 4.74. The summed E-state index contributed by atoms with van der Waals surface area (Å²) in [6.07, 6.45) is 6.57. The van der Waals surface area contributed by atoms with Gasteiger partial charge in [0.1, 0.15) is 5.82 Å². The van der Waals surface area contributed by atoms with Crippen LogP contribution in [-0.2, 0) is 0 Å². The Kier molecular flexibility index (Phi) is 1.46. The topological polar surface area (TPSA) is 64.9 Å². The first-order valence-corrected chi connectivity index (χ1v) is 2.71. The Morgan fingerprint density at radius 3 is 2.70 bits per heavy atom. The Bertz CT molecular complexity index is 285. The Morgan fingerprint density at radius 2 is 2.20 bits per heavy atom. The number of rotatable bonds is 0. The van der Waals surface area contributed by atoms with Crippen LogP contribution in [0.15, 0.2) is 12.3 Å². The van der Waals surface area contributed by atoms with Gasteiger partial charge in [-0.25, -0.2) is 4.98 Å². The van der Waals surface area contributed by atoms with Gasteiger partial charge in [0.25, 0.3) is 0 Å². The molecule has 0 atom stereocenters. The molecule has 0 radical (unpaired) electrons. The van der Waals surface area contributed by atoms with Crippen LogP contribution < -0.4 is 11.5 Å². The third-order valence-electron chi connectivity index (χ3n) is 1.11. The van der Waals surface area contributed by atoms with E-state index in [1.807, 2.05) is 0 Å². The van der Waals surface area contributed by atoms with E-state index in [0.717, 1.165) is 0 Å². The van der Waals surface area contributed by atoms with Crippen LogP contribution >= 0.6 is 0 Å². The first kappa shape index (κ1) is 6.43. The second-order valence-electron chi connectivity index (χ2n) is 1.84. The second kappa shape index (κ2) is 2.28. The molecule has 0 aliphatic carbocycles. The zero-order valence-electron chi connectivity index (χ0n) is 5.33. The molecule has 1 aromatic rings. The van der Waals surface area contributed by atoms with E-state index in [1.165, 1.54) is 12.3 Å². The molecule has 1 heterocycles. The van der Waals surface area contributed by atoms with Gasteiger partial charge in [0.15, 0.2) is 0 Å². The van der Waals surface area contributed by atoms with E-state index in [2.05, 4.69) is 10.9 Å². The van der Waals surface area contributed by atoms with Gasteiger partial charge in [-0.1, -0.05) is 5.92 Å². The molecule has 3 heteroatoms. The van der Waals surface area contributed by atoms with Gasteiger partial charge >= 0.3 is 0 Å². The number of nitrogen functional groups attached to an aromatic ring is 2. The van der Waals surface area contributed by atoms with Gasteiger partial charge in [-0.15, -0.1) is 6.42 Å². The van der Waals surface area contributed by atoms with Crippen molar-refractivity contribution in [1.29, 1.82) is 0 Å². The third kappa shape index (κ3) is 1.00. The molecular weight excluding hydrogens is 126 g/mol. The van der Waals surface area contributed by atoms with Gasteiger partial charge < -0.3 is 11.5 Å². The maximum Gasteiger partial charge on any atom is 0.125 e. The molecule has 0 saturated carbocycles. The molecule has 0 bridgehead atoms. The predicted octanol–water partition coefficient (Wildman–Crippen LogP) is 0.227. The molecule has 0 unspecified atom stereocenters. The van der Waals surface area contributed by atoms with Crippen molar-refractivity contribution in [3.63, 3.8) is 0 Å². The highest BCUT2D eigenvalue weighted by atomic mass is 14.8. The van der Waals surface area contributed by atoms with Crippen molar-refractivity contribution in [2.75, 3.05) is 11.5 Å². The molecule has 0 saturated heterocycles. The fraction of sp³-hybridized carbons (Fsp3) is 0. The Labute approximate surface area is 59.1 Å². The van der Waals surface area contributed by atoms with Crippen molar-refractivity contribution in [2.45, 2.75) is 0 Å². The molecule has 0 aliphatic rings. The highest BCUT2D eigenvalue weighted by Gasteiger charge is 1.94. The minimum atomic E-state index is 0.386. The van der Waals surface area contributed by atoms with Crippen LogP contribution in [0.2, 0.25) is 0 Å². The van der Waals surface area contributed by atoms with Crippen molar-refractivity contribution >= 4 is 11.5 Å². The van der Waals surface area contributed by atoms with Crippen molar-refractivity contribution in [3.8, 4) is 12.3 Å². The molecule has 0 amide bonds. The standard InChI is InChI=1S/C7H7N3/c1-2-5-4-10-7(9)3-6(5)8/h1,3-4H,(H4,8,9,10). The second-order valence-corrected chi connectivity index (χ2v) is 1.84. The minimum Gasteiger partial charge on any atom is -0.398 e. The Balaban J connectivity index is 3.23. The lowest BCUT2D eigenvalue weighted by Crippen LogP contribution is -1.95. The molecular formula is C7H7N3. The maximum atomic E-state index is 5.47. The molecule has 1 rings (SSSR count). The van der Waals surface area contributed by atoms with Crippen molar-refractivity contribution < 1.29 is 0 Å². The summed E-state index contributed by atoms with van der Waals surface area (Å²) in [5.74, 6) is 2.77. The molecule has 10 heavy (non-hydrogen) atoms. The summed E-state index contributed by atoms with van der Waals surface area (Å²) in [5, 5.41) is 0. The average molecular weight is 133 g/mol. The van der Waals surface area contributed by atoms with Gasteiger partial charge in [0, 0.05) is 12.3 Å². The van der Waals surface area contributed by atoms with Gasteiger partial charge in [0.05, 0.1) is 11.3 Å². The van der Waals surface area contributed by atoms with Crippen LogP contribution in [0.3, 0.4) is 0 Å². The van der Waals surface area contributed by atoms with Gasteiger partial charge in [-0.3, -0.25) is 0 Å². The molecule has 0 aromatic carbocycles. The van der Waals surface area contributed by atoms with Crippen LogP contribution in [0.25, 0.3) is 0 Å². The van der Waals surface area contributed by atoms with Crippen molar-refractivity contribution in [3.05, 3.63) is 17.8 Å². The van der Waals surface area contributed by atoms with E-state index in [0.29, 0.717) is 17.1 Å². The number of aromatic nitrogens is 1. The SMILES string of the molecule is C#Cc1cnc(N)cc1N. The Hall–Kier alpha value is -1.69. The van der Waals surface area contributed by atoms with Crippen LogP contribution in [0.1, 0.15) is 5.56 Å². The zero-order chi connectivity index (χ0) is 7.56. The van der Waals surface area contributed by atoms with Gasteiger partial charge in [0.2, 0.25) is 0 Å². The largest absolute Gasteiger partial charge is 0.398 e. The normalized spacial score (nSPS) is 8.70. The molecule has 3 nitrogen and oxygen atoms in total. The van der Waals surface area contributed by atoms with Gasteiger partial charge in [-0.05, 0) is 0 Å². The van der Waals surface area contributed by atoms with E-state index in [9.17, 15) is 0 Å². The first-order valence-electron chi connectivity index (χ1n) is 2.71. The number of hydrogen-bond acceptors (Lipinski definition) is 3. The van der Waals surface area contributed by atoms with Crippen LogP contribution in [0, 0.1) is 12.3 Å². The summed E-state index contributed by atoms with van der Waals surface area (Å²) >= 11 is 0. The molecule has 0 aliphatic heterocycles. The van der Waals surface area contributed by atoms with Crippen molar-refractivity contribution in [1.82, 2.24) is 4.98 Å². The number of anilines is 2. The smallest absolute Gasteiger partial charge is 0.125 e.